The topological polar surface area (TPSA) is 55.1 Å². The van der Waals surface area contributed by atoms with Gasteiger partial charge >= 0.3 is 0 Å². The molecule has 1 amide bonds. The standard InChI is InChI=1S/C10H18N2O/c11-6-8-5-7-3-1-2-4-9(7)12-10(8)13/h7-9H,1-6,11H2,(H,12,13)/t7-,8-,9-/m1/s1. The number of hydrogen-bond acceptors (Lipinski definition) is 2. The molecule has 1 heterocycles. The van der Waals surface area contributed by atoms with Crippen molar-refractivity contribution in [2.45, 2.75) is 38.1 Å². The normalized spacial score (nSPS) is 39.5. The van der Waals surface area contributed by atoms with E-state index in [0.29, 0.717) is 18.5 Å². The van der Waals surface area contributed by atoms with E-state index in [1.807, 2.05) is 0 Å². The Morgan fingerprint density at radius 1 is 1.38 bits per heavy atom. The summed E-state index contributed by atoms with van der Waals surface area (Å²) >= 11 is 0. The predicted molar refractivity (Wildman–Crippen MR) is 51.1 cm³/mol. The van der Waals surface area contributed by atoms with Crippen LogP contribution >= 0.6 is 0 Å². The molecule has 0 aromatic carbocycles. The first-order valence-corrected chi connectivity index (χ1v) is 5.31. The van der Waals surface area contributed by atoms with Crippen molar-refractivity contribution in [2.75, 3.05) is 6.54 Å². The van der Waals surface area contributed by atoms with Crippen LogP contribution in [0.1, 0.15) is 32.1 Å². The molecule has 0 bridgehead atoms. The number of carbonyl (C=O) groups is 1. The SMILES string of the molecule is NC[C@H]1C[C@H]2CCCC[C@H]2NC1=O. The van der Waals surface area contributed by atoms with E-state index in [1.165, 1.54) is 25.7 Å². The van der Waals surface area contributed by atoms with E-state index >= 15 is 0 Å². The number of carbonyl (C=O) groups excluding carboxylic acids is 1. The Balaban J connectivity index is 2.01. The van der Waals surface area contributed by atoms with E-state index in [2.05, 4.69) is 5.32 Å². The van der Waals surface area contributed by atoms with Crippen LogP contribution in [0.3, 0.4) is 0 Å². The van der Waals surface area contributed by atoms with Crippen molar-refractivity contribution < 1.29 is 4.79 Å². The molecule has 74 valence electrons. The zero-order valence-corrected chi connectivity index (χ0v) is 7.96. The lowest BCUT2D eigenvalue weighted by molar-refractivity contribution is -0.129. The van der Waals surface area contributed by atoms with Gasteiger partial charge in [0.2, 0.25) is 5.91 Å². The van der Waals surface area contributed by atoms with Crippen LogP contribution in [-0.4, -0.2) is 18.5 Å². The van der Waals surface area contributed by atoms with Crippen LogP contribution in [0, 0.1) is 11.8 Å². The first kappa shape index (κ1) is 9.00. The summed E-state index contributed by atoms with van der Waals surface area (Å²) in [6.45, 7) is 0.509. The van der Waals surface area contributed by atoms with Gasteiger partial charge in [-0.3, -0.25) is 4.79 Å². The lowest BCUT2D eigenvalue weighted by atomic mass is 9.76. The fourth-order valence-corrected chi connectivity index (χ4v) is 2.66. The van der Waals surface area contributed by atoms with Gasteiger partial charge in [-0.15, -0.1) is 0 Å². The molecule has 3 atom stereocenters. The van der Waals surface area contributed by atoms with Gasteiger partial charge in [-0.1, -0.05) is 12.8 Å². The molecule has 1 aliphatic carbocycles. The monoisotopic (exact) mass is 182 g/mol. The highest BCUT2D eigenvalue weighted by Gasteiger charge is 2.35. The van der Waals surface area contributed by atoms with E-state index < -0.39 is 0 Å². The quantitative estimate of drug-likeness (QED) is 0.625. The number of nitrogens with one attached hydrogen (secondary N) is 1. The van der Waals surface area contributed by atoms with Crippen molar-refractivity contribution >= 4 is 5.91 Å². The molecule has 3 nitrogen and oxygen atoms in total. The first-order valence-electron chi connectivity index (χ1n) is 5.31. The van der Waals surface area contributed by atoms with Gasteiger partial charge < -0.3 is 11.1 Å². The molecule has 1 saturated heterocycles. The van der Waals surface area contributed by atoms with Crippen LogP contribution in [0.15, 0.2) is 0 Å². The van der Waals surface area contributed by atoms with Crippen molar-refractivity contribution in [3.05, 3.63) is 0 Å². The Bertz CT molecular complexity index is 205. The van der Waals surface area contributed by atoms with Crippen molar-refractivity contribution in [2.24, 2.45) is 17.6 Å². The van der Waals surface area contributed by atoms with Gasteiger partial charge in [-0.05, 0) is 25.2 Å². The number of rotatable bonds is 1. The summed E-state index contributed by atoms with van der Waals surface area (Å²) in [6.07, 6.45) is 6.07. The van der Waals surface area contributed by atoms with Crippen molar-refractivity contribution in [1.29, 1.82) is 0 Å². The smallest absolute Gasteiger partial charge is 0.224 e. The molecule has 1 aliphatic heterocycles. The van der Waals surface area contributed by atoms with Gasteiger partial charge in [0.05, 0.1) is 5.92 Å². The lowest BCUT2D eigenvalue weighted by Gasteiger charge is -2.39. The molecule has 2 aliphatic rings. The third kappa shape index (κ3) is 1.70. The summed E-state index contributed by atoms with van der Waals surface area (Å²) in [7, 11) is 0. The van der Waals surface area contributed by atoms with Crippen LogP contribution in [-0.2, 0) is 4.79 Å². The van der Waals surface area contributed by atoms with E-state index in [-0.39, 0.29) is 11.8 Å². The van der Waals surface area contributed by atoms with Crippen LogP contribution in [0.25, 0.3) is 0 Å². The number of fused-ring (bicyclic) bond motifs is 1. The predicted octanol–water partition coefficient (Wildman–Crippen LogP) is 0.640. The van der Waals surface area contributed by atoms with E-state index in [0.717, 1.165) is 6.42 Å². The number of piperidine rings is 1. The molecule has 0 aromatic rings. The minimum Gasteiger partial charge on any atom is -0.353 e. The molecule has 1 saturated carbocycles. The minimum atomic E-state index is 0.0827. The van der Waals surface area contributed by atoms with Gasteiger partial charge in [0.1, 0.15) is 0 Å². The van der Waals surface area contributed by atoms with Crippen molar-refractivity contribution in [1.82, 2.24) is 5.32 Å². The molecule has 0 unspecified atom stereocenters. The van der Waals surface area contributed by atoms with Crippen LogP contribution in [0.2, 0.25) is 0 Å². The fraction of sp³-hybridized carbons (Fsp3) is 0.900. The first-order chi connectivity index (χ1) is 6.31. The van der Waals surface area contributed by atoms with Crippen LogP contribution in [0.4, 0.5) is 0 Å². The highest BCUT2D eigenvalue weighted by molar-refractivity contribution is 5.80. The average Bonchev–Trinajstić information content (AvgIpc) is 2.17. The molecule has 3 N–H and O–H groups in total. The fourth-order valence-electron chi connectivity index (χ4n) is 2.66. The molecule has 0 spiro atoms. The van der Waals surface area contributed by atoms with Gasteiger partial charge in [-0.2, -0.15) is 0 Å². The summed E-state index contributed by atoms with van der Waals surface area (Å²) in [5, 5.41) is 3.10. The summed E-state index contributed by atoms with van der Waals surface area (Å²) in [5.41, 5.74) is 5.55. The number of hydrogen-bond donors (Lipinski definition) is 2. The summed E-state index contributed by atoms with van der Waals surface area (Å²) in [4.78, 5) is 11.5. The van der Waals surface area contributed by atoms with E-state index in [4.69, 9.17) is 5.73 Å². The second-order valence-electron chi connectivity index (χ2n) is 4.33. The molecule has 0 radical (unpaired) electrons. The van der Waals surface area contributed by atoms with Gasteiger partial charge in [0.25, 0.3) is 0 Å². The maximum atomic E-state index is 11.5. The second-order valence-corrected chi connectivity index (χ2v) is 4.33. The molecule has 0 aromatic heterocycles. The largest absolute Gasteiger partial charge is 0.353 e. The highest BCUT2D eigenvalue weighted by Crippen LogP contribution is 2.32. The number of amides is 1. The molecule has 2 fully saturated rings. The molecular formula is C10H18N2O. The van der Waals surface area contributed by atoms with Gasteiger partial charge in [-0.25, -0.2) is 0 Å². The molecule has 3 heteroatoms. The summed E-state index contributed by atoms with van der Waals surface area (Å²) in [6, 6.07) is 0.462. The molecule has 2 rings (SSSR count). The molecular weight excluding hydrogens is 164 g/mol. The average molecular weight is 182 g/mol. The maximum Gasteiger partial charge on any atom is 0.224 e. The Morgan fingerprint density at radius 2 is 2.15 bits per heavy atom. The minimum absolute atomic E-state index is 0.0827. The van der Waals surface area contributed by atoms with Crippen molar-refractivity contribution in [3.8, 4) is 0 Å². The molecule has 13 heavy (non-hydrogen) atoms. The number of nitrogens with two attached hydrogens (primary N) is 1. The maximum absolute atomic E-state index is 11.5. The highest BCUT2D eigenvalue weighted by atomic mass is 16.2. The second kappa shape index (κ2) is 3.66. The summed E-state index contributed by atoms with van der Waals surface area (Å²) in [5.74, 6) is 0.977. The van der Waals surface area contributed by atoms with Gasteiger partial charge in [0.15, 0.2) is 0 Å². The van der Waals surface area contributed by atoms with Crippen LogP contribution in [0.5, 0.6) is 0 Å². The van der Waals surface area contributed by atoms with Gasteiger partial charge in [0, 0.05) is 12.6 Å². The Hall–Kier alpha value is -0.570. The Kier molecular flexibility index (Phi) is 2.54. The van der Waals surface area contributed by atoms with E-state index in [1.54, 1.807) is 0 Å². The third-order valence-corrected chi connectivity index (χ3v) is 3.48. The van der Waals surface area contributed by atoms with Crippen LogP contribution < -0.4 is 11.1 Å². The summed E-state index contributed by atoms with van der Waals surface area (Å²) < 4.78 is 0. The van der Waals surface area contributed by atoms with Crippen molar-refractivity contribution in [3.63, 3.8) is 0 Å². The third-order valence-electron chi connectivity index (χ3n) is 3.48. The Labute approximate surface area is 79.1 Å². The zero-order valence-electron chi connectivity index (χ0n) is 7.96. The lowest BCUT2D eigenvalue weighted by Crippen LogP contribution is -2.52. The Morgan fingerprint density at radius 3 is 2.92 bits per heavy atom. The zero-order chi connectivity index (χ0) is 9.26. The van der Waals surface area contributed by atoms with E-state index in [9.17, 15) is 4.79 Å².